The number of methoxy groups -OCH3 is 1. The molecular weight excluding hydrogens is 508 g/mol. The highest BCUT2D eigenvalue weighted by Gasteiger charge is 2.39. The van der Waals surface area contributed by atoms with E-state index in [1.54, 1.807) is 13.8 Å². The van der Waals surface area contributed by atoms with Gasteiger partial charge in [-0.15, -0.1) is 0 Å². The predicted molar refractivity (Wildman–Crippen MR) is 137 cm³/mol. The Morgan fingerprint density at radius 2 is 1.59 bits per heavy atom. The van der Waals surface area contributed by atoms with E-state index in [2.05, 4.69) is 16.0 Å². The summed E-state index contributed by atoms with van der Waals surface area (Å²) in [6, 6.07) is -3.70. The lowest BCUT2D eigenvalue weighted by molar-refractivity contribution is -0.143. The van der Waals surface area contributed by atoms with Crippen LogP contribution in [0.15, 0.2) is 0 Å². The molecule has 14 heteroatoms. The molecule has 13 nitrogen and oxygen atoms in total. The number of esters is 1. The van der Waals surface area contributed by atoms with Gasteiger partial charge in [0.1, 0.15) is 24.4 Å². The normalized spacial score (nSPS) is 17.5. The van der Waals surface area contributed by atoms with Gasteiger partial charge in [0.05, 0.1) is 13.2 Å². The van der Waals surface area contributed by atoms with Crippen molar-refractivity contribution in [2.24, 2.45) is 17.8 Å². The third-order valence-electron chi connectivity index (χ3n) is 5.73. The first kappa shape index (κ1) is 34.4. The Kier molecular flexibility index (Phi) is 15.8. The van der Waals surface area contributed by atoms with Gasteiger partial charge in [0.2, 0.25) is 11.8 Å². The second-order valence-corrected chi connectivity index (χ2v) is 10.3. The molecule has 1 fully saturated rings. The summed E-state index contributed by atoms with van der Waals surface area (Å²) in [5.41, 5.74) is 0. The molecule has 1 saturated heterocycles. The number of carbonyl (C=O) groups excluding carboxylic acids is 5. The summed E-state index contributed by atoms with van der Waals surface area (Å²) in [7, 11) is 1.25. The van der Waals surface area contributed by atoms with Gasteiger partial charge in [-0.3, -0.25) is 18.7 Å². The molecule has 5 N–H and O–H groups in total. The van der Waals surface area contributed by atoms with E-state index in [1.807, 2.05) is 27.7 Å². The lowest BCUT2D eigenvalue weighted by atomic mass is 10.0. The van der Waals surface area contributed by atoms with E-state index in [9.17, 15) is 24.0 Å². The molecule has 1 aliphatic heterocycles. The smallest absolute Gasteiger partial charge is 0.328 e. The van der Waals surface area contributed by atoms with Crippen molar-refractivity contribution in [1.82, 2.24) is 20.9 Å². The zero-order chi connectivity index (χ0) is 28.9. The van der Waals surface area contributed by atoms with Crippen LogP contribution in [0.4, 0.5) is 4.79 Å². The Morgan fingerprint density at radius 1 is 1.03 bits per heavy atom. The Bertz CT molecular complexity index is 803. The highest BCUT2D eigenvalue weighted by atomic mass is 32.2. The molecule has 0 spiro atoms. The minimum absolute atomic E-state index is 0.0700. The molecule has 1 heterocycles. The van der Waals surface area contributed by atoms with Crippen molar-refractivity contribution in [3.05, 3.63) is 0 Å². The minimum atomic E-state index is -2.61. The molecule has 1 rings (SSSR count). The number of aldehydes is 1. The molecule has 0 aromatic carbocycles. The van der Waals surface area contributed by atoms with Gasteiger partial charge in [0.25, 0.3) is 11.4 Å². The van der Waals surface area contributed by atoms with Crippen molar-refractivity contribution >= 4 is 41.5 Å². The van der Waals surface area contributed by atoms with Gasteiger partial charge in [0.15, 0.2) is 0 Å². The quantitative estimate of drug-likeness (QED) is 0.141. The van der Waals surface area contributed by atoms with Crippen LogP contribution >= 0.6 is 0 Å². The summed E-state index contributed by atoms with van der Waals surface area (Å²) in [4.78, 5) is 63.5. The molecule has 0 aromatic rings. The molecule has 1 aliphatic rings. The van der Waals surface area contributed by atoms with Crippen molar-refractivity contribution in [1.29, 1.82) is 0 Å². The fraction of sp³-hybridized carbons (Fsp3) is 0.783. The maximum atomic E-state index is 13.3. The van der Waals surface area contributed by atoms with Crippen LogP contribution in [-0.4, -0.2) is 86.1 Å². The van der Waals surface area contributed by atoms with E-state index in [0.29, 0.717) is 32.1 Å². The topological polar surface area (TPSA) is 191 Å². The van der Waals surface area contributed by atoms with Crippen LogP contribution in [0.5, 0.6) is 0 Å². The number of urea groups is 1. The number of ether oxygens (including phenoxy) is 1. The lowest BCUT2D eigenvalue weighted by Crippen LogP contribution is -2.58. The third kappa shape index (κ3) is 12.5. The van der Waals surface area contributed by atoms with E-state index in [0.717, 1.165) is 0 Å². The van der Waals surface area contributed by atoms with Crippen LogP contribution in [0.25, 0.3) is 0 Å². The van der Waals surface area contributed by atoms with Crippen molar-refractivity contribution in [2.75, 3.05) is 13.7 Å². The van der Waals surface area contributed by atoms with Crippen LogP contribution in [0, 0.1) is 17.8 Å². The third-order valence-corrected chi connectivity index (χ3v) is 5.73. The van der Waals surface area contributed by atoms with Crippen LogP contribution in [0.3, 0.4) is 0 Å². The summed E-state index contributed by atoms with van der Waals surface area (Å²) >= 11 is -2.61. The molecule has 4 atom stereocenters. The number of rotatable bonds is 11. The molecule has 37 heavy (non-hydrogen) atoms. The number of hydrogen-bond acceptors (Lipinski definition) is 7. The van der Waals surface area contributed by atoms with Crippen molar-refractivity contribution in [2.45, 2.75) is 85.0 Å². The van der Waals surface area contributed by atoms with Crippen molar-refractivity contribution in [3.63, 3.8) is 0 Å². The fourth-order valence-corrected chi connectivity index (χ4v) is 3.78. The molecule has 0 aromatic heterocycles. The van der Waals surface area contributed by atoms with E-state index < -0.39 is 47.5 Å². The molecule has 214 valence electrons. The van der Waals surface area contributed by atoms with Gasteiger partial charge in [-0.2, -0.15) is 4.21 Å². The molecule has 0 unspecified atom stereocenters. The molecular formula is C23H42N4O9S. The molecule has 4 amide bonds. The summed E-state index contributed by atoms with van der Waals surface area (Å²) in [5.74, 6) is -1.49. The van der Waals surface area contributed by atoms with E-state index in [4.69, 9.17) is 18.1 Å². The van der Waals surface area contributed by atoms with Crippen molar-refractivity contribution < 1.29 is 42.0 Å². The van der Waals surface area contributed by atoms with E-state index >= 15 is 0 Å². The lowest BCUT2D eigenvalue weighted by Gasteiger charge is -2.31. The summed E-state index contributed by atoms with van der Waals surface area (Å²) in [6.45, 7) is 11.5. The van der Waals surface area contributed by atoms with Gasteiger partial charge in [-0.25, -0.2) is 9.59 Å². The molecule has 0 aliphatic carbocycles. The zero-order valence-corrected chi connectivity index (χ0v) is 23.4. The fourth-order valence-electron chi connectivity index (χ4n) is 3.78. The van der Waals surface area contributed by atoms with Gasteiger partial charge in [0, 0.05) is 6.54 Å². The number of nitrogens with one attached hydrogen (secondary N) is 3. The number of likely N-dealkylation sites (tertiary alicyclic amines) is 1. The monoisotopic (exact) mass is 550 g/mol. The number of hydrogen-bond donors (Lipinski definition) is 5. The maximum absolute atomic E-state index is 13.3. The van der Waals surface area contributed by atoms with Crippen LogP contribution in [0.1, 0.15) is 60.8 Å². The Labute approximate surface area is 220 Å². The minimum Gasteiger partial charge on any atom is -0.467 e. The first-order chi connectivity index (χ1) is 17.2. The Hall–Kier alpha value is -2.58. The van der Waals surface area contributed by atoms with Crippen LogP contribution in [0.2, 0.25) is 0 Å². The number of amides is 4. The Balaban J connectivity index is 0.00000300. The summed E-state index contributed by atoms with van der Waals surface area (Å²) in [5, 5.41) is 7.98. The number of nitrogens with zero attached hydrogens (tertiary/aromatic N) is 1. The maximum Gasteiger partial charge on any atom is 0.328 e. The first-order valence-electron chi connectivity index (χ1n) is 12.2. The summed E-state index contributed by atoms with van der Waals surface area (Å²) < 4.78 is 27.6. The van der Waals surface area contributed by atoms with Crippen LogP contribution in [-0.2, 0) is 35.3 Å². The SMILES string of the molecule is COC(=O)[C@H](CC(C)C)NC(=O)N[C@H](C(=O)N1CCC[C@H]1C(=O)N[C@H](C=O)C(C)C)C(C)C.O=S(O)O. The summed E-state index contributed by atoms with van der Waals surface area (Å²) in [6.07, 6.45) is 2.22. The zero-order valence-electron chi connectivity index (χ0n) is 22.6. The van der Waals surface area contributed by atoms with Gasteiger partial charge >= 0.3 is 12.0 Å². The van der Waals surface area contributed by atoms with Gasteiger partial charge in [-0.1, -0.05) is 41.5 Å². The molecule has 0 bridgehead atoms. The molecule has 0 radical (unpaired) electrons. The van der Waals surface area contributed by atoms with E-state index in [-0.39, 0.29) is 29.6 Å². The standard InChI is InChI=1S/C23H40N4O6.H2O3S/c1-13(2)11-16(22(31)33-7)25-23(32)26-19(15(5)6)21(30)27-10-8-9-18(27)20(29)24-17(12-28)14(3)4;1-4(2)3/h12-19H,8-11H2,1-7H3,(H,24,29)(H2,25,26,32);(H2,1,2,3)/t16-,17+,18-,19-;/m0./s1. The largest absolute Gasteiger partial charge is 0.467 e. The second-order valence-electron chi connectivity index (χ2n) is 9.88. The predicted octanol–water partition coefficient (Wildman–Crippen LogP) is 0.910. The average molecular weight is 551 g/mol. The van der Waals surface area contributed by atoms with Crippen molar-refractivity contribution in [3.8, 4) is 0 Å². The average Bonchev–Trinajstić information content (AvgIpc) is 3.28. The second kappa shape index (κ2) is 17.0. The van der Waals surface area contributed by atoms with Gasteiger partial charge < -0.3 is 30.4 Å². The van der Waals surface area contributed by atoms with Crippen LogP contribution < -0.4 is 16.0 Å². The highest BCUT2D eigenvalue weighted by Crippen LogP contribution is 2.21. The van der Waals surface area contributed by atoms with E-state index in [1.165, 1.54) is 12.0 Å². The first-order valence-corrected chi connectivity index (χ1v) is 13.2. The Morgan fingerprint density at radius 3 is 2.03 bits per heavy atom. The van der Waals surface area contributed by atoms with Gasteiger partial charge in [-0.05, 0) is 37.0 Å². The highest BCUT2D eigenvalue weighted by molar-refractivity contribution is 7.73. The molecule has 0 saturated carbocycles. The number of carbonyl (C=O) groups is 5.